The maximum absolute atomic E-state index is 5.35. The van der Waals surface area contributed by atoms with Crippen LogP contribution in [0.5, 0.6) is 0 Å². The Labute approximate surface area is 126 Å². The summed E-state index contributed by atoms with van der Waals surface area (Å²) < 4.78 is 5.35. The Morgan fingerprint density at radius 3 is 2.55 bits per heavy atom. The lowest BCUT2D eigenvalue weighted by molar-refractivity contribution is 0.0581. The molecule has 1 saturated heterocycles. The van der Waals surface area contributed by atoms with Gasteiger partial charge in [0.05, 0.1) is 6.61 Å². The molecule has 0 radical (unpaired) electrons. The summed E-state index contributed by atoms with van der Waals surface area (Å²) in [5, 5.41) is 3.66. The molecule has 1 heterocycles. The normalized spacial score (nSPS) is 21.6. The van der Waals surface area contributed by atoms with E-state index in [-0.39, 0.29) is 0 Å². The fourth-order valence-electron chi connectivity index (χ4n) is 3.34. The van der Waals surface area contributed by atoms with Crippen molar-refractivity contribution in [3.8, 4) is 0 Å². The van der Waals surface area contributed by atoms with E-state index in [0.29, 0.717) is 11.5 Å². The van der Waals surface area contributed by atoms with Gasteiger partial charge >= 0.3 is 0 Å². The first-order chi connectivity index (χ1) is 9.55. The minimum Gasteiger partial charge on any atom is -0.384 e. The van der Waals surface area contributed by atoms with Crippen LogP contribution in [0.15, 0.2) is 0 Å². The summed E-state index contributed by atoms with van der Waals surface area (Å²) in [5.41, 5.74) is 0.430. The highest BCUT2D eigenvalue weighted by molar-refractivity contribution is 4.85. The number of nitrogens with one attached hydrogen (secondary N) is 1. The summed E-state index contributed by atoms with van der Waals surface area (Å²) in [6.45, 7) is 15.0. The van der Waals surface area contributed by atoms with Crippen LogP contribution in [0.1, 0.15) is 53.4 Å². The molecule has 1 rings (SSSR count). The standard InChI is InChI=1S/C17H36N2O/c1-6-17(7-2,13-18-15(3)4)14-19-10-8-9-16(11-19)12-20-5/h15-16,18H,6-14H2,1-5H3. The first-order valence-corrected chi connectivity index (χ1v) is 8.50. The van der Waals surface area contributed by atoms with Crippen molar-refractivity contribution in [2.75, 3.05) is 39.9 Å². The molecule has 120 valence electrons. The summed E-state index contributed by atoms with van der Waals surface area (Å²) in [7, 11) is 1.83. The Balaban J connectivity index is 2.55. The van der Waals surface area contributed by atoms with Gasteiger partial charge in [0.15, 0.2) is 0 Å². The monoisotopic (exact) mass is 284 g/mol. The van der Waals surface area contributed by atoms with Gasteiger partial charge < -0.3 is 15.0 Å². The molecule has 1 atom stereocenters. The van der Waals surface area contributed by atoms with Crippen molar-refractivity contribution in [3.05, 3.63) is 0 Å². The summed E-state index contributed by atoms with van der Waals surface area (Å²) in [5.74, 6) is 0.734. The van der Waals surface area contributed by atoms with Crippen molar-refractivity contribution in [1.82, 2.24) is 10.2 Å². The van der Waals surface area contributed by atoms with E-state index >= 15 is 0 Å². The van der Waals surface area contributed by atoms with Crippen molar-refractivity contribution in [1.29, 1.82) is 0 Å². The minimum absolute atomic E-state index is 0.430. The lowest BCUT2D eigenvalue weighted by Gasteiger charge is -2.41. The Hall–Kier alpha value is -0.120. The Kier molecular flexibility index (Phi) is 8.08. The van der Waals surface area contributed by atoms with E-state index in [1.807, 2.05) is 7.11 Å². The second kappa shape index (κ2) is 9.01. The van der Waals surface area contributed by atoms with Gasteiger partial charge in [0.2, 0.25) is 0 Å². The first kappa shape index (κ1) is 17.9. The molecular formula is C17H36N2O. The Morgan fingerprint density at radius 1 is 1.30 bits per heavy atom. The molecule has 0 amide bonds. The maximum Gasteiger partial charge on any atom is 0.0502 e. The van der Waals surface area contributed by atoms with E-state index in [4.69, 9.17) is 4.74 Å². The van der Waals surface area contributed by atoms with Crippen LogP contribution in [0.2, 0.25) is 0 Å². The molecule has 3 nitrogen and oxygen atoms in total. The molecule has 3 heteroatoms. The molecule has 1 N–H and O–H groups in total. The molecule has 0 spiro atoms. The van der Waals surface area contributed by atoms with Crippen molar-refractivity contribution >= 4 is 0 Å². The molecule has 0 saturated carbocycles. The van der Waals surface area contributed by atoms with Gasteiger partial charge in [-0.25, -0.2) is 0 Å². The van der Waals surface area contributed by atoms with E-state index in [0.717, 1.165) is 19.1 Å². The zero-order chi connectivity index (χ0) is 15.0. The van der Waals surface area contributed by atoms with Crippen molar-refractivity contribution < 1.29 is 4.74 Å². The zero-order valence-corrected chi connectivity index (χ0v) is 14.4. The average Bonchev–Trinajstić information content (AvgIpc) is 2.44. The highest BCUT2D eigenvalue weighted by Gasteiger charge is 2.31. The van der Waals surface area contributed by atoms with Gasteiger partial charge in [-0.3, -0.25) is 0 Å². The van der Waals surface area contributed by atoms with Crippen LogP contribution in [0.25, 0.3) is 0 Å². The number of hydrogen-bond acceptors (Lipinski definition) is 3. The topological polar surface area (TPSA) is 24.5 Å². The van der Waals surface area contributed by atoms with Crippen LogP contribution in [0.3, 0.4) is 0 Å². The van der Waals surface area contributed by atoms with Gasteiger partial charge in [-0.1, -0.05) is 27.7 Å². The largest absolute Gasteiger partial charge is 0.384 e. The number of nitrogens with zero attached hydrogens (tertiary/aromatic N) is 1. The van der Waals surface area contributed by atoms with Gasteiger partial charge in [-0.2, -0.15) is 0 Å². The van der Waals surface area contributed by atoms with Crippen LogP contribution < -0.4 is 5.32 Å². The quantitative estimate of drug-likeness (QED) is 0.704. The average molecular weight is 284 g/mol. The molecular weight excluding hydrogens is 248 g/mol. The van der Waals surface area contributed by atoms with Crippen LogP contribution in [0, 0.1) is 11.3 Å². The summed E-state index contributed by atoms with van der Waals surface area (Å²) in [6.07, 6.45) is 5.18. The first-order valence-electron chi connectivity index (χ1n) is 8.50. The van der Waals surface area contributed by atoms with E-state index in [2.05, 4.69) is 37.9 Å². The molecule has 1 unspecified atom stereocenters. The summed E-state index contributed by atoms with van der Waals surface area (Å²) in [6, 6.07) is 0.579. The third-order valence-electron chi connectivity index (χ3n) is 4.95. The molecule has 1 aliphatic heterocycles. The molecule has 0 aromatic heterocycles. The van der Waals surface area contributed by atoms with Crippen molar-refractivity contribution in [2.45, 2.75) is 59.4 Å². The zero-order valence-electron chi connectivity index (χ0n) is 14.4. The minimum atomic E-state index is 0.430. The van der Waals surface area contributed by atoms with E-state index < -0.39 is 0 Å². The van der Waals surface area contributed by atoms with Crippen LogP contribution in [-0.4, -0.2) is 50.8 Å². The van der Waals surface area contributed by atoms with Gasteiger partial charge in [0.1, 0.15) is 0 Å². The van der Waals surface area contributed by atoms with Crippen LogP contribution in [0.4, 0.5) is 0 Å². The fourth-order valence-corrected chi connectivity index (χ4v) is 3.34. The van der Waals surface area contributed by atoms with E-state index in [9.17, 15) is 0 Å². The highest BCUT2D eigenvalue weighted by Crippen LogP contribution is 2.29. The van der Waals surface area contributed by atoms with Gasteiger partial charge in [0, 0.05) is 32.8 Å². The third-order valence-corrected chi connectivity index (χ3v) is 4.95. The fraction of sp³-hybridized carbons (Fsp3) is 1.00. The highest BCUT2D eigenvalue weighted by atomic mass is 16.5. The molecule has 0 aliphatic carbocycles. The molecule has 20 heavy (non-hydrogen) atoms. The molecule has 0 aromatic rings. The van der Waals surface area contributed by atoms with Crippen molar-refractivity contribution in [2.24, 2.45) is 11.3 Å². The molecule has 0 bridgehead atoms. The SMILES string of the molecule is CCC(CC)(CNC(C)C)CN1CCCC(COC)C1. The van der Waals surface area contributed by atoms with Gasteiger partial charge in [-0.05, 0) is 43.6 Å². The van der Waals surface area contributed by atoms with Crippen molar-refractivity contribution in [3.63, 3.8) is 0 Å². The summed E-state index contributed by atoms with van der Waals surface area (Å²) in [4.78, 5) is 2.68. The van der Waals surface area contributed by atoms with Crippen LogP contribution >= 0.6 is 0 Å². The predicted octanol–water partition coefficient (Wildman–Crippen LogP) is 3.15. The summed E-state index contributed by atoms with van der Waals surface area (Å²) >= 11 is 0. The molecule has 0 aromatic carbocycles. The number of rotatable bonds is 9. The van der Waals surface area contributed by atoms with Crippen LogP contribution in [-0.2, 0) is 4.74 Å². The predicted molar refractivity (Wildman–Crippen MR) is 87.2 cm³/mol. The molecule has 1 fully saturated rings. The van der Waals surface area contributed by atoms with E-state index in [1.54, 1.807) is 0 Å². The lowest BCUT2D eigenvalue weighted by atomic mass is 9.80. The smallest absolute Gasteiger partial charge is 0.0502 e. The third kappa shape index (κ3) is 5.71. The molecule has 1 aliphatic rings. The van der Waals surface area contributed by atoms with Gasteiger partial charge in [-0.15, -0.1) is 0 Å². The number of piperidine rings is 1. The number of ether oxygens (including phenoxy) is 1. The second-order valence-electron chi connectivity index (χ2n) is 6.94. The second-order valence-corrected chi connectivity index (χ2v) is 6.94. The number of methoxy groups -OCH3 is 1. The number of hydrogen-bond donors (Lipinski definition) is 1. The Morgan fingerprint density at radius 2 is 2.00 bits per heavy atom. The number of likely N-dealkylation sites (tertiary alicyclic amines) is 1. The van der Waals surface area contributed by atoms with Gasteiger partial charge in [0.25, 0.3) is 0 Å². The van der Waals surface area contributed by atoms with E-state index in [1.165, 1.54) is 45.3 Å². The Bertz CT molecular complexity index is 249. The lowest BCUT2D eigenvalue weighted by Crippen LogP contribution is -2.48. The maximum atomic E-state index is 5.35.